The van der Waals surface area contributed by atoms with E-state index in [1.165, 1.54) is 12.7 Å². The SMILES string of the molecule is CNc1cc(COc2cc(NC)c(C=O)cc2OC)cc(COc2cc3c(cc2OC)C(=O)N2c4ccccc4CC2CN3)c1. The topological polar surface area (TPSA) is 110 Å². The molecule has 10 heteroatoms. The molecule has 4 aromatic rings. The van der Waals surface area contributed by atoms with Gasteiger partial charge in [0.05, 0.1) is 31.5 Å². The molecule has 1 amide bonds. The minimum Gasteiger partial charge on any atom is -0.493 e. The number of ether oxygens (including phenoxy) is 4. The van der Waals surface area contributed by atoms with Gasteiger partial charge >= 0.3 is 0 Å². The van der Waals surface area contributed by atoms with Gasteiger partial charge in [0, 0.05) is 55.4 Å². The van der Waals surface area contributed by atoms with E-state index in [0.717, 1.165) is 40.9 Å². The number of hydrogen-bond donors (Lipinski definition) is 3. The average Bonchev–Trinajstić information content (AvgIpc) is 3.40. The van der Waals surface area contributed by atoms with Crippen LogP contribution in [0.1, 0.15) is 37.4 Å². The van der Waals surface area contributed by atoms with E-state index in [4.69, 9.17) is 18.9 Å². The highest BCUT2D eigenvalue weighted by Gasteiger charge is 2.37. The average molecular weight is 609 g/mol. The van der Waals surface area contributed by atoms with Crippen LogP contribution < -0.4 is 39.8 Å². The van der Waals surface area contributed by atoms with Crippen LogP contribution in [0.4, 0.5) is 22.7 Å². The lowest BCUT2D eigenvalue weighted by Crippen LogP contribution is -2.39. The summed E-state index contributed by atoms with van der Waals surface area (Å²) in [6, 6.07) is 21.1. The van der Waals surface area contributed by atoms with Crippen molar-refractivity contribution >= 4 is 34.9 Å². The highest BCUT2D eigenvalue weighted by atomic mass is 16.5. The first-order valence-electron chi connectivity index (χ1n) is 14.7. The molecular weight excluding hydrogens is 572 g/mol. The van der Waals surface area contributed by atoms with Gasteiger partial charge in [-0.05, 0) is 59.5 Å². The normalized spacial score (nSPS) is 14.7. The Morgan fingerprint density at radius 2 is 1.56 bits per heavy atom. The maximum Gasteiger partial charge on any atom is 0.260 e. The second-order valence-corrected chi connectivity index (χ2v) is 10.9. The van der Waals surface area contributed by atoms with Gasteiger partial charge in [-0.2, -0.15) is 0 Å². The number of aldehydes is 1. The third-order valence-corrected chi connectivity index (χ3v) is 8.22. The lowest BCUT2D eigenvalue weighted by atomic mass is 10.1. The number of nitrogens with one attached hydrogen (secondary N) is 3. The number of benzene rings is 4. The zero-order chi connectivity index (χ0) is 31.5. The van der Waals surface area contributed by atoms with Gasteiger partial charge in [-0.15, -0.1) is 0 Å². The fourth-order valence-corrected chi connectivity index (χ4v) is 5.97. The summed E-state index contributed by atoms with van der Waals surface area (Å²) in [7, 11) is 6.71. The molecular formula is C35H36N4O6. The smallest absolute Gasteiger partial charge is 0.260 e. The number of amides is 1. The van der Waals surface area contributed by atoms with Crippen molar-refractivity contribution in [3.8, 4) is 23.0 Å². The van der Waals surface area contributed by atoms with Crippen LogP contribution >= 0.6 is 0 Å². The van der Waals surface area contributed by atoms with Crippen LogP contribution in [0.2, 0.25) is 0 Å². The van der Waals surface area contributed by atoms with Gasteiger partial charge in [0.2, 0.25) is 0 Å². The van der Waals surface area contributed by atoms with Crippen LogP contribution in [0.15, 0.2) is 66.7 Å². The summed E-state index contributed by atoms with van der Waals surface area (Å²) < 4.78 is 23.6. The first-order valence-corrected chi connectivity index (χ1v) is 14.7. The Morgan fingerprint density at radius 1 is 0.867 bits per heavy atom. The van der Waals surface area contributed by atoms with E-state index in [1.54, 1.807) is 32.4 Å². The first-order chi connectivity index (χ1) is 22.0. The van der Waals surface area contributed by atoms with Gasteiger partial charge in [0.1, 0.15) is 13.2 Å². The van der Waals surface area contributed by atoms with Gasteiger partial charge in [0.25, 0.3) is 5.91 Å². The fraction of sp³-hybridized carbons (Fsp3) is 0.257. The van der Waals surface area contributed by atoms with Crippen LogP contribution in [0.25, 0.3) is 0 Å². The van der Waals surface area contributed by atoms with E-state index < -0.39 is 0 Å². The molecule has 0 bridgehead atoms. The maximum atomic E-state index is 13.8. The molecule has 2 heterocycles. The molecule has 1 atom stereocenters. The Bertz CT molecular complexity index is 1760. The number of hydrogen-bond acceptors (Lipinski definition) is 9. The summed E-state index contributed by atoms with van der Waals surface area (Å²) in [5.74, 6) is 1.94. The lowest BCUT2D eigenvalue weighted by molar-refractivity contribution is 0.0982. The molecule has 0 saturated carbocycles. The van der Waals surface area contributed by atoms with Crippen molar-refractivity contribution in [3.63, 3.8) is 0 Å². The van der Waals surface area contributed by atoms with Gasteiger partial charge in [-0.25, -0.2) is 0 Å². The molecule has 45 heavy (non-hydrogen) atoms. The highest BCUT2D eigenvalue weighted by molar-refractivity contribution is 6.12. The number of para-hydroxylation sites is 1. The Labute approximate surface area is 262 Å². The first kappa shape index (κ1) is 29.7. The molecule has 0 radical (unpaired) electrons. The predicted octanol–water partition coefficient (Wildman–Crippen LogP) is 5.75. The molecule has 232 valence electrons. The van der Waals surface area contributed by atoms with Crippen molar-refractivity contribution in [1.82, 2.24) is 0 Å². The molecule has 3 N–H and O–H groups in total. The second-order valence-electron chi connectivity index (χ2n) is 10.9. The summed E-state index contributed by atoms with van der Waals surface area (Å²) >= 11 is 0. The van der Waals surface area contributed by atoms with E-state index in [0.29, 0.717) is 46.4 Å². The number of nitrogens with zero attached hydrogens (tertiary/aromatic N) is 1. The molecule has 0 aromatic heterocycles. The molecule has 2 aliphatic heterocycles. The zero-order valence-electron chi connectivity index (χ0n) is 25.7. The Hall–Kier alpha value is -5.38. The van der Waals surface area contributed by atoms with Crippen LogP contribution in [0, 0.1) is 0 Å². The van der Waals surface area contributed by atoms with Crippen molar-refractivity contribution in [2.24, 2.45) is 0 Å². The van der Waals surface area contributed by atoms with Gasteiger partial charge in [0.15, 0.2) is 29.3 Å². The van der Waals surface area contributed by atoms with Crippen LogP contribution in [-0.2, 0) is 19.6 Å². The monoisotopic (exact) mass is 608 g/mol. The lowest BCUT2D eigenvalue weighted by Gasteiger charge is -2.22. The number of carbonyl (C=O) groups is 2. The van der Waals surface area contributed by atoms with Crippen molar-refractivity contribution < 1.29 is 28.5 Å². The number of rotatable bonds is 11. The number of anilines is 4. The van der Waals surface area contributed by atoms with Gasteiger partial charge in [-0.1, -0.05) is 18.2 Å². The summed E-state index contributed by atoms with van der Waals surface area (Å²) in [6.07, 6.45) is 1.58. The second kappa shape index (κ2) is 12.7. The molecule has 10 nitrogen and oxygen atoms in total. The van der Waals surface area contributed by atoms with Gasteiger partial charge < -0.3 is 39.8 Å². The fourth-order valence-electron chi connectivity index (χ4n) is 5.97. The minimum atomic E-state index is -0.0552. The van der Waals surface area contributed by atoms with Crippen molar-refractivity contribution in [1.29, 1.82) is 0 Å². The summed E-state index contributed by atoms with van der Waals surface area (Å²) in [4.78, 5) is 27.1. The van der Waals surface area contributed by atoms with E-state index in [1.807, 2.05) is 54.4 Å². The minimum absolute atomic E-state index is 0.0373. The van der Waals surface area contributed by atoms with Crippen molar-refractivity contribution in [3.05, 3.63) is 94.5 Å². The van der Waals surface area contributed by atoms with E-state index in [-0.39, 0.29) is 25.2 Å². The van der Waals surface area contributed by atoms with E-state index >= 15 is 0 Å². The molecule has 2 aliphatic rings. The van der Waals surface area contributed by atoms with Crippen LogP contribution in [0.5, 0.6) is 23.0 Å². The largest absolute Gasteiger partial charge is 0.493 e. The van der Waals surface area contributed by atoms with Crippen LogP contribution in [0.3, 0.4) is 0 Å². The number of fused-ring (bicyclic) bond motifs is 4. The molecule has 0 aliphatic carbocycles. The molecule has 1 unspecified atom stereocenters. The summed E-state index contributed by atoms with van der Waals surface area (Å²) in [6.45, 7) is 1.15. The third kappa shape index (κ3) is 5.78. The Balaban J connectivity index is 1.21. The van der Waals surface area contributed by atoms with Gasteiger partial charge in [-0.3, -0.25) is 9.59 Å². The van der Waals surface area contributed by atoms with E-state index in [2.05, 4.69) is 22.0 Å². The molecule has 0 spiro atoms. The molecule has 4 aromatic carbocycles. The molecule has 0 saturated heterocycles. The number of carbonyl (C=O) groups excluding carboxylic acids is 2. The summed E-state index contributed by atoms with van der Waals surface area (Å²) in [5.41, 5.74) is 7.27. The molecule has 0 fully saturated rings. The zero-order valence-corrected chi connectivity index (χ0v) is 25.7. The van der Waals surface area contributed by atoms with Crippen molar-refractivity contribution in [2.45, 2.75) is 25.7 Å². The third-order valence-electron chi connectivity index (χ3n) is 8.22. The predicted molar refractivity (Wildman–Crippen MR) is 175 cm³/mol. The van der Waals surface area contributed by atoms with E-state index in [9.17, 15) is 9.59 Å². The standard InChI is InChI=1S/C35H36N4O6/c1-36-25-10-21(19-44-33-15-28(37-2)24(18-40)13-31(33)42-3)9-22(11-25)20-45-34-16-29-27(14-32(34)43-4)35(41)39-26(17-38-29)12-23-7-5-6-8-30(23)39/h5-11,13-16,18,26,36-38H,12,17,19-20H2,1-4H3. The number of methoxy groups -OCH3 is 2. The maximum absolute atomic E-state index is 13.8. The van der Waals surface area contributed by atoms with Crippen LogP contribution in [-0.4, -0.2) is 53.1 Å². The highest BCUT2D eigenvalue weighted by Crippen LogP contribution is 2.41. The Kier molecular flexibility index (Phi) is 8.37. The molecule has 6 rings (SSSR count). The Morgan fingerprint density at radius 3 is 2.22 bits per heavy atom. The summed E-state index contributed by atoms with van der Waals surface area (Å²) in [5, 5.41) is 9.69. The quantitative estimate of drug-likeness (QED) is 0.183. The van der Waals surface area contributed by atoms with Crippen molar-refractivity contribution in [2.75, 3.05) is 55.7 Å².